The highest BCUT2D eigenvalue weighted by Gasteiger charge is 2.30. The number of nitrogens with zero attached hydrogens (tertiary/aromatic N) is 2. The van der Waals surface area contributed by atoms with Gasteiger partial charge in [-0.1, -0.05) is 12.1 Å². The van der Waals surface area contributed by atoms with Gasteiger partial charge in [-0.3, -0.25) is 4.68 Å². The topological polar surface area (TPSA) is 29.9 Å². The van der Waals surface area contributed by atoms with E-state index in [0.29, 0.717) is 11.3 Å². The number of rotatable bonds is 1. The lowest BCUT2D eigenvalue weighted by atomic mass is 10.1. The minimum absolute atomic E-state index is 0. The van der Waals surface area contributed by atoms with E-state index in [1.165, 1.54) is 12.1 Å². The number of aromatic nitrogens is 2. The first-order valence-electron chi connectivity index (χ1n) is 5.99. The molecule has 3 nitrogen and oxygen atoms in total. The smallest absolute Gasteiger partial charge is 0.309 e. The second-order valence-electron chi connectivity index (χ2n) is 4.50. The van der Waals surface area contributed by atoms with Crippen molar-refractivity contribution >= 4 is 12.4 Å². The van der Waals surface area contributed by atoms with Gasteiger partial charge in [-0.25, -0.2) is 0 Å². The van der Waals surface area contributed by atoms with Crippen LogP contribution < -0.4 is 5.32 Å². The van der Waals surface area contributed by atoms with Crippen molar-refractivity contribution in [3.8, 4) is 11.3 Å². The molecule has 0 fully saturated rings. The number of benzene rings is 1. The van der Waals surface area contributed by atoms with Crippen LogP contribution in [-0.4, -0.2) is 16.3 Å². The van der Waals surface area contributed by atoms with Crippen molar-refractivity contribution in [2.45, 2.75) is 19.3 Å². The minimum Gasteiger partial charge on any atom is -0.309 e. The van der Waals surface area contributed by atoms with Gasteiger partial charge in [0.05, 0.1) is 23.5 Å². The lowest BCUT2D eigenvalue weighted by Gasteiger charge is -2.13. The van der Waals surface area contributed by atoms with Crippen LogP contribution >= 0.6 is 12.4 Å². The van der Waals surface area contributed by atoms with Crippen molar-refractivity contribution in [1.82, 2.24) is 15.1 Å². The summed E-state index contributed by atoms with van der Waals surface area (Å²) >= 11 is 0. The summed E-state index contributed by atoms with van der Waals surface area (Å²) in [6, 6.07) is 7.02. The van der Waals surface area contributed by atoms with Gasteiger partial charge in [0.25, 0.3) is 0 Å². The standard InChI is InChI=1S/C13H12F3N3.ClH/c14-13(15,16)10-3-1-9(2-4-10)12-7-11-8-17-5-6-19(11)18-12;/h1-4,7,17H,5-6,8H2;1H. The van der Waals surface area contributed by atoms with Crippen LogP contribution in [0.5, 0.6) is 0 Å². The molecule has 0 amide bonds. The Bertz CT molecular complexity index is 566. The van der Waals surface area contributed by atoms with Crippen LogP contribution in [0.4, 0.5) is 13.2 Å². The molecule has 1 aromatic heterocycles. The summed E-state index contributed by atoms with van der Waals surface area (Å²) < 4.78 is 39.3. The van der Waals surface area contributed by atoms with Crippen molar-refractivity contribution in [1.29, 1.82) is 0 Å². The molecule has 3 rings (SSSR count). The Morgan fingerprint density at radius 2 is 1.85 bits per heavy atom. The molecule has 1 aliphatic heterocycles. The quantitative estimate of drug-likeness (QED) is 0.877. The van der Waals surface area contributed by atoms with Gasteiger partial charge in [0.1, 0.15) is 0 Å². The summed E-state index contributed by atoms with van der Waals surface area (Å²) in [5, 5.41) is 7.63. The molecule has 2 heterocycles. The zero-order valence-corrected chi connectivity index (χ0v) is 11.3. The van der Waals surface area contributed by atoms with Gasteiger partial charge < -0.3 is 5.32 Å². The van der Waals surface area contributed by atoms with Crippen molar-refractivity contribution in [2.75, 3.05) is 6.54 Å². The van der Waals surface area contributed by atoms with Crippen LogP contribution in [-0.2, 0) is 19.3 Å². The Kier molecular flexibility index (Phi) is 4.06. The molecule has 2 aromatic rings. The van der Waals surface area contributed by atoms with Gasteiger partial charge in [-0.2, -0.15) is 18.3 Å². The van der Waals surface area contributed by atoms with Gasteiger partial charge in [0.15, 0.2) is 0 Å². The van der Waals surface area contributed by atoms with Gasteiger partial charge in [0, 0.05) is 18.7 Å². The summed E-state index contributed by atoms with van der Waals surface area (Å²) in [6.45, 7) is 2.39. The Morgan fingerprint density at radius 1 is 1.15 bits per heavy atom. The van der Waals surface area contributed by atoms with E-state index in [1.54, 1.807) is 0 Å². The predicted molar refractivity (Wildman–Crippen MR) is 71.6 cm³/mol. The van der Waals surface area contributed by atoms with Crippen LogP contribution in [0.1, 0.15) is 11.3 Å². The average Bonchev–Trinajstić information content (AvgIpc) is 2.81. The highest BCUT2D eigenvalue weighted by atomic mass is 35.5. The van der Waals surface area contributed by atoms with Gasteiger partial charge in [-0.05, 0) is 18.2 Å². The normalized spacial score (nSPS) is 14.6. The third-order valence-corrected chi connectivity index (χ3v) is 3.18. The highest BCUT2D eigenvalue weighted by molar-refractivity contribution is 5.85. The summed E-state index contributed by atoms with van der Waals surface area (Å²) in [7, 11) is 0. The monoisotopic (exact) mass is 303 g/mol. The first-order chi connectivity index (χ1) is 9.04. The van der Waals surface area contributed by atoms with Crippen LogP contribution in [0.25, 0.3) is 11.3 Å². The second-order valence-corrected chi connectivity index (χ2v) is 4.50. The fourth-order valence-corrected chi connectivity index (χ4v) is 2.16. The summed E-state index contributed by atoms with van der Waals surface area (Å²) in [5.41, 5.74) is 1.84. The molecule has 0 atom stereocenters. The van der Waals surface area contributed by atoms with E-state index in [1.807, 2.05) is 10.7 Å². The van der Waals surface area contributed by atoms with Crippen LogP contribution in [0, 0.1) is 0 Å². The molecule has 20 heavy (non-hydrogen) atoms. The molecule has 0 bridgehead atoms. The van der Waals surface area contributed by atoms with E-state index in [-0.39, 0.29) is 12.4 Å². The van der Waals surface area contributed by atoms with Gasteiger partial charge in [-0.15, -0.1) is 12.4 Å². The summed E-state index contributed by atoms with van der Waals surface area (Å²) in [4.78, 5) is 0. The number of hydrogen-bond donors (Lipinski definition) is 1. The molecule has 0 saturated carbocycles. The van der Waals surface area contributed by atoms with Crippen molar-refractivity contribution in [3.05, 3.63) is 41.6 Å². The summed E-state index contributed by atoms with van der Waals surface area (Å²) in [5.74, 6) is 0. The van der Waals surface area contributed by atoms with Crippen LogP contribution in [0.2, 0.25) is 0 Å². The maximum atomic E-state index is 12.5. The van der Waals surface area contributed by atoms with E-state index in [4.69, 9.17) is 0 Å². The molecule has 0 saturated heterocycles. The Hall–Kier alpha value is -1.53. The molecule has 7 heteroatoms. The zero-order chi connectivity index (χ0) is 13.5. The lowest BCUT2D eigenvalue weighted by Crippen LogP contribution is -2.28. The molecule has 108 valence electrons. The molecule has 1 aliphatic rings. The predicted octanol–water partition coefficient (Wildman–Crippen LogP) is 3.09. The van der Waals surface area contributed by atoms with Crippen LogP contribution in [0.3, 0.4) is 0 Å². The largest absolute Gasteiger partial charge is 0.416 e. The first-order valence-corrected chi connectivity index (χ1v) is 5.99. The minimum atomic E-state index is -4.30. The number of halogens is 4. The van der Waals surface area contributed by atoms with Gasteiger partial charge >= 0.3 is 6.18 Å². The molecule has 0 radical (unpaired) electrons. The van der Waals surface area contributed by atoms with E-state index < -0.39 is 11.7 Å². The lowest BCUT2D eigenvalue weighted by molar-refractivity contribution is -0.137. The van der Waals surface area contributed by atoms with E-state index in [2.05, 4.69) is 10.4 Å². The maximum absolute atomic E-state index is 12.5. The first kappa shape index (κ1) is 14.9. The SMILES string of the molecule is Cl.FC(F)(F)c1ccc(-c2cc3n(n2)CCNC3)cc1. The van der Waals surface area contributed by atoms with E-state index in [9.17, 15) is 13.2 Å². The zero-order valence-electron chi connectivity index (χ0n) is 10.4. The fourth-order valence-electron chi connectivity index (χ4n) is 2.16. The number of alkyl halides is 3. The molecular weight excluding hydrogens is 291 g/mol. The Morgan fingerprint density at radius 3 is 2.45 bits per heavy atom. The number of fused-ring (bicyclic) bond motifs is 1. The highest BCUT2D eigenvalue weighted by Crippen LogP contribution is 2.30. The third-order valence-electron chi connectivity index (χ3n) is 3.18. The van der Waals surface area contributed by atoms with E-state index >= 15 is 0 Å². The molecular formula is C13H13ClF3N3. The molecule has 0 spiro atoms. The molecule has 0 unspecified atom stereocenters. The van der Waals surface area contributed by atoms with Crippen molar-refractivity contribution < 1.29 is 13.2 Å². The van der Waals surface area contributed by atoms with Crippen molar-refractivity contribution in [2.24, 2.45) is 0 Å². The van der Waals surface area contributed by atoms with Gasteiger partial charge in [0.2, 0.25) is 0 Å². The number of nitrogens with one attached hydrogen (secondary N) is 1. The fraction of sp³-hybridized carbons (Fsp3) is 0.308. The molecule has 1 aromatic carbocycles. The second kappa shape index (κ2) is 5.46. The van der Waals surface area contributed by atoms with Crippen molar-refractivity contribution in [3.63, 3.8) is 0 Å². The van der Waals surface area contributed by atoms with E-state index in [0.717, 1.165) is 37.5 Å². The Balaban J connectivity index is 0.00000147. The third kappa shape index (κ3) is 2.81. The molecule has 1 N–H and O–H groups in total. The van der Waals surface area contributed by atoms with Crippen LogP contribution in [0.15, 0.2) is 30.3 Å². The number of hydrogen-bond acceptors (Lipinski definition) is 2. The Labute approximate surface area is 120 Å². The molecule has 0 aliphatic carbocycles. The summed E-state index contributed by atoms with van der Waals surface area (Å²) in [6.07, 6.45) is -4.30. The maximum Gasteiger partial charge on any atom is 0.416 e. The average molecular weight is 304 g/mol.